The van der Waals surface area contributed by atoms with Gasteiger partial charge in [-0.05, 0) is 70.6 Å². The SMILES string of the molecule is CCCCCCCCCc1cc(O)c(CC=C(C)CCC=C(C)C)c(O)c1. The molecule has 2 nitrogen and oxygen atoms in total. The lowest BCUT2D eigenvalue weighted by atomic mass is 10.00. The number of aryl methyl sites for hydroxylation is 1. The van der Waals surface area contributed by atoms with Gasteiger partial charge in [0.15, 0.2) is 0 Å². The standard InChI is InChI=1S/C25H40O2/c1-5-6-7-8-9-10-11-15-22-18-24(26)23(25(27)19-22)17-16-21(4)14-12-13-20(2)3/h13,16,18-19,26-27H,5-12,14-15,17H2,1-4H3. The second kappa shape index (κ2) is 13.5. The van der Waals surface area contributed by atoms with Crippen LogP contribution in [0.2, 0.25) is 0 Å². The second-order valence-corrected chi connectivity index (χ2v) is 8.06. The Morgan fingerprint density at radius 1 is 0.852 bits per heavy atom. The Morgan fingerprint density at radius 3 is 2.04 bits per heavy atom. The molecule has 1 rings (SSSR count). The molecular weight excluding hydrogens is 332 g/mol. The first-order chi connectivity index (χ1) is 12.9. The number of rotatable bonds is 13. The monoisotopic (exact) mass is 372 g/mol. The van der Waals surface area contributed by atoms with Crippen molar-refractivity contribution in [1.29, 1.82) is 0 Å². The average molecular weight is 373 g/mol. The van der Waals surface area contributed by atoms with Crippen LogP contribution in [-0.4, -0.2) is 10.2 Å². The molecule has 0 aromatic heterocycles. The van der Waals surface area contributed by atoms with E-state index >= 15 is 0 Å². The second-order valence-electron chi connectivity index (χ2n) is 8.06. The molecule has 0 saturated carbocycles. The minimum atomic E-state index is 0.223. The molecule has 2 heteroatoms. The number of hydrogen-bond donors (Lipinski definition) is 2. The van der Waals surface area contributed by atoms with Gasteiger partial charge in [-0.3, -0.25) is 0 Å². The van der Waals surface area contributed by atoms with E-state index in [0.29, 0.717) is 12.0 Å². The van der Waals surface area contributed by atoms with Crippen molar-refractivity contribution in [2.24, 2.45) is 0 Å². The van der Waals surface area contributed by atoms with E-state index in [1.807, 2.05) is 12.1 Å². The maximum atomic E-state index is 10.3. The van der Waals surface area contributed by atoms with Gasteiger partial charge >= 0.3 is 0 Å². The number of benzene rings is 1. The van der Waals surface area contributed by atoms with E-state index in [1.165, 1.54) is 49.7 Å². The first-order valence-electron chi connectivity index (χ1n) is 10.8. The van der Waals surface area contributed by atoms with Crippen molar-refractivity contribution < 1.29 is 10.2 Å². The highest BCUT2D eigenvalue weighted by molar-refractivity contribution is 5.47. The Kier molecular flexibility index (Phi) is 11.6. The molecule has 0 atom stereocenters. The summed E-state index contributed by atoms with van der Waals surface area (Å²) in [7, 11) is 0. The summed E-state index contributed by atoms with van der Waals surface area (Å²) in [5.74, 6) is 0.447. The minimum Gasteiger partial charge on any atom is -0.508 e. The third-order valence-electron chi connectivity index (χ3n) is 5.08. The van der Waals surface area contributed by atoms with Crippen LogP contribution in [0.5, 0.6) is 11.5 Å². The molecule has 0 aliphatic carbocycles. The zero-order chi connectivity index (χ0) is 20.1. The predicted molar refractivity (Wildman–Crippen MR) is 118 cm³/mol. The molecule has 0 fully saturated rings. The summed E-state index contributed by atoms with van der Waals surface area (Å²) >= 11 is 0. The number of allylic oxidation sites excluding steroid dienone is 4. The van der Waals surface area contributed by atoms with Crippen molar-refractivity contribution in [2.75, 3.05) is 0 Å². The van der Waals surface area contributed by atoms with Crippen molar-refractivity contribution in [2.45, 2.75) is 98.3 Å². The van der Waals surface area contributed by atoms with Crippen LogP contribution < -0.4 is 0 Å². The fourth-order valence-corrected chi connectivity index (χ4v) is 3.30. The van der Waals surface area contributed by atoms with Crippen LogP contribution in [0.15, 0.2) is 35.4 Å². The Labute approximate surface area is 167 Å². The van der Waals surface area contributed by atoms with E-state index < -0.39 is 0 Å². The Hall–Kier alpha value is -1.70. The molecule has 0 aliphatic rings. The van der Waals surface area contributed by atoms with Gasteiger partial charge in [0.2, 0.25) is 0 Å². The van der Waals surface area contributed by atoms with Crippen LogP contribution in [0.25, 0.3) is 0 Å². The lowest BCUT2D eigenvalue weighted by molar-refractivity contribution is 0.439. The van der Waals surface area contributed by atoms with Crippen molar-refractivity contribution in [1.82, 2.24) is 0 Å². The summed E-state index contributed by atoms with van der Waals surface area (Å²) in [6.45, 7) is 8.58. The highest BCUT2D eigenvalue weighted by Gasteiger charge is 2.09. The van der Waals surface area contributed by atoms with Crippen LogP contribution >= 0.6 is 0 Å². The highest BCUT2D eigenvalue weighted by atomic mass is 16.3. The number of phenolic OH excluding ortho intramolecular Hbond substituents is 2. The smallest absolute Gasteiger partial charge is 0.123 e. The van der Waals surface area contributed by atoms with Crippen LogP contribution in [0.3, 0.4) is 0 Å². The quantitative estimate of drug-likeness (QED) is 0.276. The molecule has 1 aromatic carbocycles. The molecule has 2 N–H and O–H groups in total. The maximum Gasteiger partial charge on any atom is 0.123 e. The maximum absolute atomic E-state index is 10.3. The van der Waals surface area contributed by atoms with E-state index in [4.69, 9.17) is 0 Å². The number of unbranched alkanes of at least 4 members (excludes halogenated alkanes) is 6. The van der Waals surface area contributed by atoms with Gasteiger partial charge in [0.25, 0.3) is 0 Å². The summed E-state index contributed by atoms with van der Waals surface area (Å²) in [5.41, 5.74) is 4.31. The average Bonchev–Trinajstić information content (AvgIpc) is 2.60. The molecule has 152 valence electrons. The van der Waals surface area contributed by atoms with Gasteiger partial charge in [0.05, 0.1) is 0 Å². The van der Waals surface area contributed by atoms with E-state index in [9.17, 15) is 10.2 Å². The van der Waals surface area contributed by atoms with Crippen molar-refractivity contribution in [3.63, 3.8) is 0 Å². The van der Waals surface area contributed by atoms with Gasteiger partial charge < -0.3 is 10.2 Å². The zero-order valence-electron chi connectivity index (χ0n) is 18.0. The van der Waals surface area contributed by atoms with Crippen LogP contribution in [0, 0.1) is 0 Å². The lowest BCUT2D eigenvalue weighted by Gasteiger charge is -2.10. The minimum absolute atomic E-state index is 0.223. The summed E-state index contributed by atoms with van der Waals surface area (Å²) in [5, 5.41) is 20.7. The van der Waals surface area contributed by atoms with Crippen LogP contribution in [-0.2, 0) is 12.8 Å². The van der Waals surface area contributed by atoms with E-state index in [-0.39, 0.29) is 11.5 Å². The number of aromatic hydroxyl groups is 2. The van der Waals surface area contributed by atoms with E-state index in [0.717, 1.165) is 31.2 Å². The summed E-state index contributed by atoms with van der Waals surface area (Å²) in [6, 6.07) is 3.66. The van der Waals surface area contributed by atoms with Gasteiger partial charge in [-0.15, -0.1) is 0 Å². The van der Waals surface area contributed by atoms with Gasteiger partial charge in [-0.25, -0.2) is 0 Å². The third-order valence-corrected chi connectivity index (χ3v) is 5.08. The molecular formula is C25H40O2. The van der Waals surface area contributed by atoms with Crippen molar-refractivity contribution in [3.8, 4) is 11.5 Å². The van der Waals surface area contributed by atoms with Crippen molar-refractivity contribution >= 4 is 0 Å². The molecule has 0 heterocycles. The molecule has 1 aromatic rings. The van der Waals surface area contributed by atoms with Gasteiger partial charge in [-0.1, -0.05) is 68.7 Å². The van der Waals surface area contributed by atoms with Crippen LogP contribution in [0.4, 0.5) is 0 Å². The molecule has 0 bridgehead atoms. The third kappa shape index (κ3) is 10.3. The van der Waals surface area contributed by atoms with Crippen LogP contribution in [0.1, 0.15) is 96.6 Å². The molecule has 0 radical (unpaired) electrons. The molecule has 0 saturated heterocycles. The Morgan fingerprint density at radius 2 is 1.44 bits per heavy atom. The largest absolute Gasteiger partial charge is 0.508 e. The fraction of sp³-hybridized carbons (Fsp3) is 0.600. The molecule has 0 aliphatic heterocycles. The Balaban J connectivity index is 2.49. The topological polar surface area (TPSA) is 40.5 Å². The molecule has 0 spiro atoms. The number of hydrogen-bond acceptors (Lipinski definition) is 2. The zero-order valence-corrected chi connectivity index (χ0v) is 18.0. The first-order valence-corrected chi connectivity index (χ1v) is 10.8. The summed E-state index contributed by atoms with van der Waals surface area (Å²) in [4.78, 5) is 0. The predicted octanol–water partition coefficient (Wildman–Crippen LogP) is 7.63. The fourth-order valence-electron chi connectivity index (χ4n) is 3.30. The van der Waals surface area contributed by atoms with E-state index in [1.54, 1.807) is 0 Å². The van der Waals surface area contributed by atoms with Gasteiger partial charge in [-0.2, -0.15) is 0 Å². The molecule has 0 amide bonds. The highest BCUT2D eigenvalue weighted by Crippen LogP contribution is 2.30. The number of phenols is 2. The normalized spacial score (nSPS) is 11.6. The summed E-state index contributed by atoms with van der Waals surface area (Å²) < 4.78 is 0. The lowest BCUT2D eigenvalue weighted by Crippen LogP contribution is -1.91. The van der Waals surface area contributed by atoms with Gasteiger partial charge in [0.1, 0.15) is 11.5 Å². The molecule has 0 unspecified atom stereocenters. The Bertz CT molecular complexity index is 584. The van der Waals surface area contributed by atoms with Gasteiger partial charge in [0, 0.05) is 5.56 Å². The van der Waals surface area contributed by atoms with E-state index in [2.05, 4.69) is 39.8 Å². The van der Waals surface area contributed by atoms with Crippen molar-refractivity contribution in [3.05, 3.63) is 46.6 Å². The first kappa shape index (κ1) is 23.3. The summed E-state index contributed by atoms with van der Waals surface area (Å²) in [6.07, 6.45) is 16.8. The molecule has 27 heavy (non-hydrogen) atoms.